The van der Waals surface area contributed by atoms with Crippen LogP contribution in [0, 0.1) is 0 Å². The second-order valence-corrected chi connectivity index (χ2v) is 8.62. The molecule has 3 heterocycles. The van der Waals surface area contributed by atoms with Gasteiger partial charge in [0.1, 0.15) is 25.3 Å². The van der Waals surface area contributed by atoms with Crippen molar-refractivity contribution in [3.63, 3.8) is 0 Å². The number of hydrogen-bond donors (Lipinski definition) is 1. The number of aliphatic imine (C=N–C) groups is 2. The molecule has 0 bridgehead atoms. The number of aliphatic hydroxyl groups is 1. The van der Waals surface area contributed by atoms with E-state index in [1.54, 1.807) is 0 Å². The molecule has 0 fully saturated rings. The zero-order valence-electron chi connectivity index (χ0n) is 22.0. The van der Waals surface area contributed by atoms with Crippen LogP contribution in [-0.2, 0) is 31.3 Å². The molecule has 0 spiro atoms. The van der Waals surface area contributed by atoms with Gasteiger partial charge in [-0.15, -0.1) is 10.7 Å². The Morgan fingerprint density at radius 3 is 1.50 bits per heavy atom. The van der Waals surface area contributed by atoms with E-state index < -0.39 is 5.97 Å². The molecule has 9 heteroatoms. The van der Waals surface area contributed by atoms with Crippen LogP contribution in [0.25, 0.3) is 22.9 Å². The van der Waals surface area contributed by atoms with E-state index in [0.29, 0.717) is 25.0 Å². The Morgan fingerprint density at radius 2 is 1.12 bits per heavy atom. The molecule has 0 aliphatic carbocycles. The maximum atomic E-state index is 8.89. The van der Waals surface area contributed by atoms with E-state index in [4.69, 9.17) is 39.5 Å². The van der Waals surface area contributed by atoms with E-state index in [1.165, 1.54) is 0 Å². The van der Waals surface area contributed by atoms with Crippen molar-refractivity contribution in [1.82, 2.24) is 4.98 Å². The first-order chi connectivity index (χ1) is 19.1. The topological polar surface area (TPSA) is 118 Å². The van der Waals surface area contributed by atoms with Gasteiger partial charge in [-0.2, -0.15) is 0 Å². The van der Waals surface area contributed by atoms with Crippen molar-refractivity contribution < 1.29 is 41.5 Å². The van der Waals surface area contributed by atoms with Gasteiger partial charge in [-0.3, -0.25) is 0 Å². The van der Waals surface area contributed by atoms with Crippen molar-refractivity contribution in [3.8, 4) is 0 Å². The van der Waals surface area contributed by atoms with Gasteiger partial charge in [0.2, 0.25) is 11.8 Å². The monoisotopic (exact) mass is 586 g/mol. The predicted octanol–water partition coefficient (Wildman–Crippen LogP) is 2.06. The molecule has 209 valence electrons. The van der Waals surface area contributed by atoms with Crippen molar-refractivity contribution in [3.05, 3.63) is 107 Å². The molecule has 3 aromatic carbocycles. The normalized spacial score (nSPS) is 18.2. The first-order valence-electron chi connectivity index (χ1n) is 12.4. The van der Waals surface area contributed by atoms with Gasteiger partial charge in [0, 0.05) is 13.1 Å². The van der Waals surface area contributed by atoms with E-state index in [9.17, 15) is 0 Å². The van der Waals surface area contributed by atoms with Crippen molar-refractivity contribution in [1.29, 1.82) is 0 Å². The number of benzene rings is 3. The second kappa shape index (κ2) is 14.8. The van der Waals surface area contributed by atoms with Crippen LogP contribution < -0.4 is 20.8 Å². The molecule has 0 amide bonds. The van der Waals surface area contributed by atoms with Crippen molar-refractivity contribution in [2.45, 2.75) is 19.0 Å². The molecular weight excluding hydrogens is 558 g/mol. The Hall–Kier alpha value is -4.17. The molecule has 1 N–H and O–H groups in total. The van der Waals surface area contributed by atoms with Crippen LogP contribution in [0.2, 0.25) is 0 Å². The van der Waals surface area contributed by atoms with Crippen molar-refractivity contribution >= 4 is 40.7 Å². The molecule has 40 heavy (non-hydrogen) atoms. The molecule has 1 aromatic heterocycles. The number of hydrogen-bond acceptors (Lipinski definition) is 7. The van der Waals surface area contributed by atoms with E-state index in [1.807, 2.05) is 60.7 Å². The molecule has 2 atom stereocenters. The van der Waals surface area contributed by atoms with Crippen molar-refractivity contribution in [2.24, 2.45) is 9.98 Å². The average molecular weight is 587 g/mol. The number of aromatic nitrogens is 1. The van der Waals surface area contributed by atoms with E-state index in [2.05, 4.69) is 36.4 Å². The molecule has 0 saturated heterocycles. The number of aliphatic carboxylic acids is 1. The summed E-state index contributed by atoms with van der Waals surface area (Å²) in [5, 5.41) is 19.7. The van der Waals surface area contributed by atoms with Crippen LogP contribution in [-0.4, -0.2) is 43.2 Å². The van der Waals surface area contributed by atoms with Gasteiger partial charge in [0.15, 0.2) is 0 Å². The minimum Gasteiger partial charge on any atom is -0.657 e. The predicted molar refractivity (Wildman–Crippen MR) is 149 cm³/mol. The van der Waals surface area contributed by atoms with Gasteiger partial charge in [-0.1, -0.05) is 84.9 Å². The summed E-state index contributed by atoms with van der Waals surface area (Å²) in [6.45, 7) is 2.05. The maximum Gasteiger partial charge on any atom is 2.00 e. The minimum absolute atomic E-state index is 0. The molecule has 8 nitrogen and oxygen atoms in total. The van der Waals surface area contributed by atoms with E-state index in [0.717, 1.165) is 46.6 Å². The molecule has 1 radical (unpaired) electrons. The summed E-state index contributed by atoms with van der Waals surface area (Å²) in [6.07, 6.45) is 3.85. The zero-order chi connectivity index (χ0) is 27.6. The summed E-state index contributed by atoms with van der Waals surface area (Å²) in [6, 6.07) is 28.6. The Bertz CT molecular complexity index is 1470. The largest absolute Gasteiger partial charge is 2.00 e. The maximum absolute atomic E-state index is 8.89. The first-order valence-corrected chi connectivity index (χ1v) is 12.4. The fourth-order valence-electron chi connectivity index (χ4n) is 4.27. The first kappa shape index (κ1) is 30.4. The third-order valence-corrected chi connectivity index (χ3v) is 5.95. The molecule has 2 aliphatic rings. The molecule has 4 aromatic rings. The number of rotatable bonds is 4. The Labute approximate surface area is 242 Å². The minimum atomic E-state index is -1.08. The van der Waals surface area contributed by atoms with Gasteiger partial charge in [-0.05, 0) is 41.0 Å². The van der Waals surface area contributed by atoms with Crippen LogP contribution in [0.3, 0.4) is 0 Å². The molecular formula is C31H29CuN3O5. The average Bonchev–Trinajstić information content (AvgIpc) is 3.71. The van der Waals surface area contributed by atoms with Gasteiger partial charge in [-0.25, -0.2) is 9.98 Å². The standard InChI is InChI=1S/C28H22N3O2.C2H4O2.CH4O.Cu/c1-3-9-19(10-4-1)25-17-32-27(30-25)15-23-21-13-7-8-14-22(21)24(29-23)16-28-31-26(18-33-28)20-11-5-2-6-12-20;1-2(3)4;1-2;/h1-16,25-26H,17-18H2;1H3,(H,3,4);2H,1H3;/q-1;;;+2/p-1/b23-15-,24-16-;;;/t25-,26-;;;/m1.../s1. The number of nitrogens with zero attached hydrogens (tertiary/aromatic N) is 3. The molecule has 0 unspecified atom stereocenters. The summed E-state index contributed by atoms with van der Waals surface area (Å²) in [7, 11) is 1.00. The number of carbonyl (C=O) groups is 1. The van der Waals surface area contributed by atoms with Crippen LogP contribution in [0.15, 0.2) is 94.9 Å². The summed E-state index contributed by atoms with van der Waals surface area (Å²) in [5.41, 5.74) is 2.30. The summed E-state index contributed by atoms with van der Waals surface area (Å²) in [5.74, 6) is 0.134. The Kier molecular flexibility index (Phi) is 11.3. The van der Waals surface area contributed by atoms with Gasteiger partial charge < -0.3 is 29.5 Å². The van der Waals surface area contributed by atoms with E-state index >= 15 is 0 Å². The fraction of sp³-hybridized carbons (Fsp3) is 0.194. The third kappa shape index (κ3) is 7.70. The Morgan fingerprint density at radius 1 is 0.775 bits per heavy atom. The van der Waals surface area contributed by atoms with Crippen LogP contribution >= 0.6 is 0 Å². The quantitative estimate of drug-likeness (QED) is 0.366. The van der Waals surface area contributed by atoms with Gasteiger partial charge in [0.25, 0.3) is 0 Å². The molecule has 0 saturated carbocycles. The smallest absolute Gasteiger partial charge is 0.657 e. The van der Waals surface area contributed by atoms with Crippen LogP contribution in [0.1, 0.15) is 30.1 Å². The van der Waals surface area contributed by atoms with Crippen LogP contribution in [0.5, 0.6) is 0 Å². The number of carboxylic acids is 1. The molecule has 2 aliphatic heterocycles. The number of aliphatic hydroxyl groups excluding tert-OH is 1. The number of carbonyl (C=O) groups excluding carboxylic acids is 1. The Balaban J connectivity index is 0.000000582. The fourth-order valence-corrected chi connectivity index (χ4v) is 4.27. The molecule has 6 rings (SSSR count). The summed E-state index contributed by atoms with van der Waals surface area (Å²) in [4.78, 5) is 23.3. The van der Waals surface area contributed by atoms with Gasteiger partial charge in [0.05, 0.1) is 0 Å². The van der Waals surface area contributed by atoms with Crippen molar-refractivity contribution in [2.75, 3.05) is 20.3 Å². The SMILES string of the molecule is C(/C1=N[C@@H](c2ccccc2)CO1)=c1/[n-]/c(=C\C2=N[C@@H](c3ccccc3)CO2)c2ccccc12.CC(=O)[O-].CO.[Cu+2]. The van der Waals surface area contributed by atoms with Gasteiger partial charge >= 0.3 is 17.1 Å². The van der Waals surface area contributed by atoms with E-state index in [-0.39, 0.29) is 29.2 Å². The number of fused-ring (bicyclic) bond motifs is 1. The summed E-state index contributed by atoms with van der Waals surface area (Å²) < 4.78 is 11.7. The summed E-state index contributed by atoms with van der Waals surface area (Å²) >= 11 is 0. The second-order valence-electron chi connectivity index (χ2n) is 8.62. The number of ether oxygens (including phenoxy) is 2. The zero-order valence-corrected chi connectivity index (χ0v) is 23.0. The number of carboxylic acid groups (broad SMARTS) is 1. The van der Waals surface area contributed by atoms with Crippen LogP contribution in [0.4, 0.5) is 0 Å². The third-order valence-electron chi connectivity index (χ3n) is 5.95.